The van der Waals surface area contributed by atoms with Gasteiger partial charge in [-0.05, 0) is 25.3 Å². The van der Waals surface area contributed by atoms with Crippen LogP contribution in [0.25, 0.3) is 0 Å². The highest BCUT2D eigenvalue weighted by Gasteiger charge is 2.23. The number of hydrogen-bond acceptors (Lipinski definition) is 7. The van der Waals surface area contributed by atoms with E-state index in [9.17, 15) is 14.9 Å². The van der Waals surface area contributed by atoms with Gasteiger partial charge in [-0.15, -0.1) is 11.3 Å². The van der Waals surface area contributed by atoms with Crippen molar-refractivity contribution in [1.82, 2.24) is 9.78 Å². The molecule has 116 valence electrons. The fourth-order valence-electron chi connectivity index (χ4n) is 1.83. The number of carbonyl (C=O) groups is 1. The largest absolute Gasteiger partial charge is 0.380 e. The zero-order valence-corrected chi connectivity index (χ0v) is 12.7. The molecular weight excluding hydrogens is 310 g/mol. The number of nitrogens with two attached hydrogens (primary N) is 1. The molecule has 0 fully saturated rings. The minimum absolute atomic E-state index is 0.0858. The molecule has 2 N–H and O–H groups in total. The molecule has 0 spiro atoms. The lowest BCUT2D eigenvalue weighted by Gasteiger charge is -2.01. The highest BCUT2D eigenvalue weighted by atomic mass is 32.1. The van der Waals surface area contributed by atoms with Gasteiger partial charge < -0.3 is 10.6 Å². The van der Waals surface area contributed by atoms with Gasteiger partial charge in [0.25, 0.3) is 0 Å². The predicted molar refractivity (Wildman–Crippen MR) is 79.5 cm³/mol. The van der Waals surface area contributed by atoms with Gasteiger partial charge in [0.15, 0.2) is 5.84 Å². The Morgan fingerprint density at radius 2 is 2.32 bits per heavy atom. The van der Waals surface area contributed by atoms with Crippen LogP contribution in [-0.4, -0.2) is 26.5 Å². The first-order valence-electron chi connectivity index (χ1n) is 6.15. The number of aryl methyl sites for hydroxylation is 1. The lowest BCUT2D eigenvalue weighted by Crippen LogP contribution is -2.17. The Morgan fingerprint density at radius 3 is 2.86 bits per heavy atom. The molecule has 9 nitrogen and oxygen atoms in total. The van der Waals surface area contributed by atoms with Crippen LogP contribution < -0.4 is 5.73 Å². The Labute approximate surface area is 129 Å². The fourth-order valence-corrected chi connectivity index (χ4v) is 2.45. The number of aromatic nitrogens is 2. The summed E-state index contributed by atoms with van der Waals surface area (Å²) in [6.45, 7) is 2.72. The Bertz CT molecular complexity index is 735. The molecule has 0 unspecified atom stereocenters. The van der Waals surface area contributed by atoms with Crippen LogP contribution in [-0.2, 0) is 16.2 Å². The summed E-state index contributed by atoms with van der Waals surface area (Å²) in [7, 11) is 0. The van der Waals surface area contributed by atoms with E-state index in [1.807, 2.05) is 5.38 Å². The number of nitro groups is 1. The molecule has 0 radical (unpaired) electrons. The van der Waals surface area contributed by atoms with Gasteiger partial charge in [0.1, 0.15) is 17.9 Å². The highest BCUT2D eigenvalue weighted by Crippen LogP contribution is 2.21. The number of nitrogens with zero attached hydrogens (tertiary/aromatic N) is 4. The third-order valence-corrected chi connectivity index (χ3v) is 3.72. The highest BCUT2D eigenvalue weighted by molar-refractivity contribution is 7.12. The van der Waals surface area contributed by atoms with Gasteiger partial charge in [-0.25, -0.2) is 4.79 Å². The molecule has 0 amide bonds. The van der Waals surface area contributed by atoms with E-state index in [2.05, 4.69) is 10.3 Å². The third kappa shape index (κ3) is 3.28. The minimum Gasteiger partial charge on any atom is -0.380 e. The second kappa shape index (κ2) is 6.35. The second-order valence-corrected chi connectivity index (χ2v) is 5.30. The first kappa shape index (κ1) is 15.6. The van der Waals surface area contributed by atoms with Crippen molar-refractivity contribution in [2.45, 2.75) is 20.4 Å². The number of thiophene rings is 1. The summed E-state index contributed by atoms with van der Waals surface area (Å²) in [6, 6.07) is 3.53. The molecule has 0 saturated heterocycles. The van der Waals surface area contributed by atoms with E-state index in [0.29, 0.717) is 4.88 Å². The molecule has 2 rings (SSSR count). The smallest absolute Gasteiger partial charge is 0.356 e. The average Bonchev–Trinajstić information content (AvgIpc) is 3.05. The normalized spacial score (nSPS) is 11.5. The number of amidine groups is 1. The van der Waals surface area contributed by atoms with Gasteiger partial charge in [0.2, 0.25) is 0 Å². The molecule has 0 aliphatic heterocycles. The molecule has 2 aromatic rings. The topological polar surface area (TPSA) is 126 Å². The average molecular weight is 323 g/mol. The molecule has 0 aromatic carbocycles. The maximum atomic E-state index is 11.7. The summed E-state index contributed by atoms with van der Waals surface area (Å²) in [6.07, 6.45) is 0. The maximum absolute atomic E-state index is 11.7. The van der Waals surface area contributed by atoms with Crippen molar-refractivity contribution < 1.29 is 14.6 Å². The van der Waals surface area contributed by atoms with Crippen LogP contribution in [0.2, 0.25) is 0 Å². The summed E-state index contributed by atoms with van der Waals surface area (Å²) in [5, 5.41) is 20.2. The molecule has 2 aromatic heterocycles. The quantitative estimate of drug-likeness (QED) is 0.291. The molecular formula is C12H13N5O4S. The minimum atomic E-state index is -0.722. The number of oxime groups is 1. The summed E-state index contributed by atoms with van der Waals surface area (Å²) in [4.78, 5) is 27.4. The first-order chi connectivity index (χ1) is 10.4. The Kier molecular flexibility index (Phi) is 4.51. The molecule has 2 heterocycles. The molecule has 10 heteroatoms. The van der Waals surface area contributed by atoms with Crippen molar-refractivity contribution in [2.24, 2.45) is 10.9 Å². The van der Waals surface area contributed by atoms with Crippen LogP contribution >= 0.6 is 11.3 Å². The van der Waals surface area contributed by atoms with Crippen LogP contribution in [0.3, 0.4) is 0 Å². The molecule has 0 bridgehead atoms. The van der Waals surface area contributed by atoms with E-state index >= 15 is 0 Å². The predicted octanol–water partition coefficient (Wildman–Crippen LogP) is 1.33. The first-order valence-corrected chi connectivity index (χ1v) is 7.03. The van der Waals surface area contributed by atoms with Crippen molar-refractivity contribution in [3.8, 4) is 0 Å². The second-order valence-electron chi connectivity index (χ2n) is 4.35. The monoisotopic (exact) mass is 323 g/mol. The summed E-state index contributed by atoms with van der Waals surface area (Å²) in [5.41, 5.74) is 6.04. The summed E-state index contributed by atoms with van der Waals surface area (Å²) >= 11 is 1.36. The van der Waals surface area contributed by atoms with Gasteiger partial charge in [-0.2, -0.15) is 5.10 Å². The Hall–Kier alpha value is -2.75. The zero-order chi connectivity index (χ0) is 16.3. The number of rotatable bonds is 5. The molecule has 0 atom stereocenters. The lowest BCUT2D eigenvalue weighted by atomic mass is 10.3. The van der Waals surface area contributed by atoms with Gasteiger partial charge in [-0.3, -0.25) is 14.8 Å². The van der Waals surface area contributed by atoms with Crippen LogP contribution in [0.4, 0.5) is 5.69 Å². The Balaban J connectivity index is 2.06. The number of carbonyl (C=O) groups excluding carboxylic acids is 1. The lowest BCUT2D eigenvalue weighted by molar-refractivity contribution is -0.386. The van der Waals surface area contributed by atoms with Gasteiger partial charge >= 0.3 is 11.7 Å². The van der Waals surface area contributed by atoms with Crippen LogP contribution in [0.5, 0.6) is 0 Å². The van der Waals surface area contributed by atoms with E-state index in [-0.39, 0.29) is 29.5 Å². The maximum Gasteiger partial charge on any atom is 0.356 e. The van der Waals surface area contributed by atoms with Crippen molar-refractivity contribution in [3.05, 3.63) is 43.9 Å². The SMILES string of the molecule is Cc1nn(CC(=O)O/N=C(\N)c2cccs2)c(C)c1[N+](=O)[O-]. The van der Waals surface area contributed by atoms with Crippen molar-refractivity contribution in [2.75, 3.05) is 0 Å². The van der Waals surface area contributed by atoms with Gasteiger partial charge in [0.05, 0.1) is 9.80 Å². The van der Waals surface area contributed by atoms with Crippen LogP contribution in [0.1, 0.15) is 16.3 Å². The Morgan fingerprint density at radius 1 is 1.59 bits per heavy atom. The van der Waals surface area contributed by atoms with E-state index in [0.717, 1.165) is 0 Å². The van der Waals surface area contributed by atoms with Crippen molar-refractivity contribution in [3.63, 3.8) is 0 Å². The molecule has 0 saturated carbocycles. The zero-order valence-electron chi connectivity index (χ0n) is 11.8. The standard InChI is InChI=1S/C12H13N5O4S/c1-7-11(17(19)20)8(2)16(14-7)6-10(18)21-15-12(13)9-4-3-5-22-9/h3-5H,6H2,1-2H3,(H2,13,15). The van der Waals surface area contributed by atoms with Crippen molar-refractivity contribution in [1.29, 1.82) is 0 Å². The van der Waals surface area contributed by atoms with Crippen LogP contribution in [0, 0.1) is 24.0 Å². The summed E-state index contributed by atoms with van der Waals surface area (Å²) < 4.78 is 1.20. The summed E-state index contributed by atoms with van der Waals surface area (Å²) in [5.74, 6) is -0.636. The third-order valence-electron chi connectivity index (χ3n) is 2.82. The van der Waals surface area contributed by atoms with E-state index in [1.54, 1.807) is 12.1 Å². The number of hydrogen-bond donors (Lipinski definition) is 1. The van der Waals surface area contributed by atoms with E-state index in [4.69, 9.17) is 10.6 Å². The molecule has 0 aliphatic carbocycles. The van der Waals surface area contributed by atoms with E-state index < -0.39 is 10.9 Å². The molecule has 0 aliphatic rings. The van der Waals surface area contributed by atoms with Gasteiger partial charge in [0, 0.05) is 0 Å². The van der Waals surface area contributed by atoms with Crippen LogP contribution in [0.15, 0.2) is 22.7 Å². The van der Waals surface area contributed by atoms with E-state index in [1.165, 1.54) is 29.9 Å². The molecule has 22 heavy (non-hydrogen) atoms. The van der Waals surface area contributed by atoms with Crippen molar-refractivity contribution >= 4 is 28.8 Å². The van der Waals surface area contributed by atoms with Gasteiger partial charge in [-0.1, -0.05) is 11.2 Å². The fraction of sp³-hybridized carbons (Fsp3) is 0.250.